The van der Waals surface area contributed by atoms with Crippen molar-refractivity contribution in [2.45, 2.75) is 24.9 Å². The summed E-state index contributed by atoms with van der Waals surface area (Å²) >= 11 is 1.57. The summed E-state index contributed by atoms with van der Waals surface area (Å²) in [5.74, 6) is 1.66. The fourth-order valence-electron chi connectivity index (χ4n) is 1.47. The monoisotopic (exact) mass is 258 g/mol. The molecule has 4 nitrogen and oxygen atoms in total. The van der Waals surface area contributed by atoms with Gasteiger partial charge in [-0.25, -0.2) is 4.98 Å². The Morgan fingerprint density at radius 3 is 2.83 bits per heavy atom. The minimum atomic E-state index is 0.586. The van der Waals surface area contributed by atoms with Gasteiger partial charge in [0.1, 0.15) is 0 Å². The molecule has 5 heteroatoms. The first kappa shape index (κ1) is 12.7. The van der Waals surface area contributed by atoms with Gasteiger partial charge in [-0.05, 0) is 13.3 Å². The van der Waals surface area contributed by atoms with Gasteiger partial charge in [-0.2, -0.15) is 5.26 Å². The summed E-state index contributed by atoms with van der Waals surface area (Å²) in [6.45, 7) is 2.06. The van der Waals surface area contributed by atoms with Crippen molar-refractivity contribution < 1.29 is 0 Å². The Bertz CT molecular complexity index is 539. The SMILES string of the molecule is Cc1ccc(-c2nc(SCCCC#N)n[nH]2)cc1. The molecule has 0 aliphatic heterocycles. The number of nitrogens with one attached hydrogen (secondary N) is 1. The number of rotatable bonds is 5. The first-order valence-corrected chi connectivity index (χ1v) is 6.77. The van der Waals surface area contributed by atoms with E-state index in [0.29, 0.717) is 6.42 Å². The number of hydrogen-bond acceptors (Lipinski definition) is 4. The zero-order chi connectivity index (χ0) is 12.8. The van der Waals surface area contributed by atoms with E-state index in [1.807, 2.05) is 12.1 Å². The topological polar surface area (TPSA) is 65.4 Å². The van der Waals surface area contributed by atoms with Gasteiger partial charge in [-0.1, -0.05) is 41.6 Å². The molecule has 0 bridgehead atoms. The molecule has 0 unspecified atom stereocenters. The second-order valence-electron chi connectivity index (χ2n) is 3.94. The Labute approximate surface area is 110 Å². The maximum absolute atomic E-state index is 8.44. The molecule has 0 spiro atoms. The third-order valence-electron chi connectivity index (χ3n) is 2.45. The summed E-state index contributed by atoms with van der Waals surface area (Å²) in [5, 5.41) is 16.3. The van der Waals surface area contributed by atoms with E-state index >= 15 is 0 Å². The molecule has 0 atom stereocenters. The Hall–Kier alpha value is -1.80. The average Bonchev–Trinajstić information content (AvgIpc) is 2.84. The second-order valence-corrected chi connectivity index (χ2v) is 5.00. The normalized spacial score (nSPS) is 10.2. The van der Waals surface area contributed by atoms with E-state index in [-0.39, 0.29) is 0 Å². The van der Waals surface area contributed by atoms with Crippen LogP contribution in [0.5, 0.6) is 0 Å². The number of H-pyrrole nitrogens is 1. The molecule has 92 valence electrons. The van der Waals surface area contributed by atoms with Crippen molar-refractivity contribution in [1.82, 2.24) is 15.2 Å². The Morgan fingerprint density at radius 1 is 1.33 bits per heavy atom. The van der Waals surface area contributed by atoms with Gasteiger partial charge in [0.15, 0.2) is 5.82 Å². The number of hydrogen-bond donors (Lipinski definition) is 1. The van der Waals surface area contributed by atoms with Crippen LogP contribution in [0.1, 0.15) is 18.4 Å². The number of aromatic nitrogens is 3. The number of aryl methyl sites for hydroxylation is 1. The molecule has 1 aromatic carbocycles. The smallest absolute Gasteiger partial charge is 0.208 e. The molecule has 18 heavy (non-hydrogen) atoms. The molecule has 1 N–H and O–H groups in total. The van der Waals surface area contributed by atoms with Crippen LogP contribution < -0.4 is 0 Å². The van der Waals surface area contributed by atoms with Crippen LogP contribution in [-0.2, 0) is 0 Å². The van der Waals surface area contributed by atoms with E-state index in [1.165, 1.54) is 5.56 Å². The lowest BCUT2D eigenvalue weighted by Gasteiger charge is -1.96. The standard InChI is InChI=1S/C13H14N4S/c1-10-4-6-11(7-5-10)12-15-13(17-16-12)18-9-3-2-8-14/h4-7H,2-3,9H2,1H3,(H,15,16,17). The quantitative estimate of drug-likeness (QED) is 0.660. The predicted octanol–water partition coefficient (Wildman–Crippen LogP) is 3.18. The predicted molar refractivity (Wildman–Crippen MR) is 72.1 cm³/mol. The van der Waals surface area contributed by atoms with Crippen LogP contribution in [0.2, 0.25) is 0 Å². The van der Waals surface area contributed by atoms with Crippen LogP contribution in [0, 0.1) is 18.3 Å². The molecule has 2 rings (SSSR count). The highest BCUT2D eigenvalue weighted by molar-refractivity contribution is 7.99. The third kappa shape index (κ3) is 3.34. The molecule has 0 saturated carbocycles. The number of benzene rings is 1. The van der Waals surface area contributed by atoms with Gasteiger partial charge < -0.3 is 0 Å². The lowest BCUT2D eigenvalue weighted by molar-refractivity contribution is 0.950. The molecule has 0 aliphatic carbocycles. The third-order valence-corrected chi connectivity index (χ3v) is 3.39. The maximum atomic E-state index is 8.44. The van der Waals surface area contributed by atoms with Gasteiger partial charge in [0.05, 0.1) is 6.07 Å². The Balaban J connectivity index is 1.97. The molecular formula is C13H14N4S. The lowest BCUT2D eigenvalue weighted by atomic mass is 10.1. The Kier molecular flexibility index (Phi) is 4.37. The Morgan fingerprint density at radius 2 is 2.11 bits per heavy atom. The van der Waals surface area contributed by atoms with Crippen molar-refractivity contribution in [2.75, 3.05) is 5.75 Å². The van der Waals surface area contributed by atoms with Gasteiger partial charge in [-0.3, -0.25) is 5.10 Å². The number of thioether (sulfide) groups is 1. The molecular weight excluding hydrogens is 244 g/mol. The number of aromatic amines is 1. The molecule has 0 aliphatic rings. The molecule has 0 fully saturated rings. The molecule has 0 radical (unpaired) electrons. The first-order valence-electron chi connectivity index (χ1n) is 5.79. The minimum Gasteiger partial charge on any atom is -0.258 e. The second kappa shape index (κ2) is 6.22. The summed E-state index contributed by atoms with van der Waals surface area (Å²) in [6, 6.07) is 10.3. The van der Waals surface area contributed by atoms with E-state index < -0.39 is 0 Å². The van der Waals surface area contributed by atoms with E-state index in [1.54, 1.807) is 11.8 Å². The minimum absolute atomic E-state index is 0.586. The summed E-state index contributed by atoms with van der Waals surface area (Å²) in [7, 11) is 0. The zero-order valence-electron chi connectivity index (χ0n) is 10.2. The first-order chi connectivity index (χ1) is 8.79. The van der Waals surface area contributed by atoms with Gasteiger partial charge in [0.25, 0.3) is 0 Å². The van der Waals surface area contributed by atoms with Crippen molar-refractivity contribution in [3.63, 3.8) is 0 Å². The lowest BCUT2D eigenvalue weighted by Crippen LogP contribution is -1.82. The van der Waals surface area contributed by atoms with Crippen LogP contribution >= 0.6 is 11.8 Å². The maximum Gasteiger partial charge on any atom is 0.208 e. The van der Waals surface area contributed by atoms with Crippen molar-refractivity contribution in [3.05, 3.63) is 29.8 Å². The van der Waals surface area contributed by atoms with Gasteiger partial charge in [0, 0.05) is 17.7 Å². The zero-order valence-corrected chi connectivity index (χ0v) is 11.0. The summed E-state index contributed by atoms with van der Waals surface area (Å²) < 4.78 is 0. The highest BCUT2D eigenvalue weighted by Gasteiger charge is 2.05. The van der Waals surface area contributed by atoms with Gasteiger partial charge >= 0.3 is 0 Å². The van der Waals surface area contributed by atoms with Crippen molar-refractivity contribution >= 4 is 11.8 Å². The number of unbranched alkanes of at least 4 members (excludes halogenated alkanes) is 1. The molecule has 0 amide bonds. The van der Waals surface area contributed by atoms with Crippen LogP contribution in [0.4, 0.5) is 0 Å². The van der Waals surface area contributed by atoms with Gasteiger partial charge in [0.2, 0.25) is 5.16 Å². The van der Waals surface area contributed by atoms with E-state index in [9.17, 15) is 0 Å². The molecule has 0 saturated heterocycles. The summed E-state index contributed by atoms with van der Waals surface area (Å²) in [4.78, 5) is 4.42. The van der Waals surface area contributed by atoms with Crippen LogP contribution in [-0.4, -0.2) is 20.9 Å². The molecule has 1 aromatic heterocycles. The summed E-state index contributed by atoms with van der Waals surface area (Å²) in [5.41, 5.74) is 2.27. The fraction of sp³-hybridized carbons (Fsp3) is 0.308. The molecule has 1 heterocycles. The highest BCUT2D eigenvalue weighted by atomic mass is 32.2. The molecule has 2 aromatic rings. The number of nitrogens with zero attached hydrogens (tertiary/aromatic N) is 3. The van der Waals surface area contributed by atoms with Crippen LogP contribution in [0.15, 0.2) is 29.4 Å². The van der Waals surface area contributed by atoms with Crippen molar-refractivity contribution in [3.8, 4) is 17.5 Å². The largest absolute Gasteiger partial charge is 0.258 e. The average molecular weight is 258 g/mol. The van der Waals surface area contributed by atoms with E-state index in [0.717, 1.165) is 28.7 Å². The summed E-state index contributed by atoms with van der Waals surface area (Å²) in [6.07, 6.45) is 1.46. The van der Waals surface area contributed by atoms with Crippen LogP contribution in [0.25, 0.3) is 11.4 Å². The van der Waals surface area contributed by atoms with Gasteiger partial charge in [-0.15, -0.1) is 5.10 Å². The van der Waals surface area contributed by atoms with E-state index in [2.05, 4.69) is 40.3 Å². The fourth-order valence-corrected chi connectivity index (χ4v) is 2.20. The van der Waals surface area contributed by atoms with Crippen molar-refractivity contribution in [2.24, 2.45) is 0 Å². The van der Waals surface area contributed by atoms with Crippen molar-refractivity contribution in [1.29, 1.82) is 5.26 Å². The van der Waals surface area contributed by atoms with E-state index in [4.69, 9.17) is 5.26 Å². The number of nitriles is 1. The highest BCUT2D eigenvalue weighted by Crippen LogP contribution is 2.20. The van der Waals surface area contributed by atoms with Crippen LogP contribution in [0.3, 0.4) is 0 Å².